The number of hydrogen-bond donors (Lipinski definition) is 2. The highest BCUT2D eigenvalue weighted by molar-refractivity contribution is 5.95. The lowest BCUT2D eigenvalue weighted by molar-refractivity contribution is 0.00135. The monoisotopic (exact) mass is 470 g/mol. The second kappa shape index (κ2) is 12.2. The predicted octanol–water partition coefficient (Wildman–Crippen LogP) is 3.15. The molecule has 0 spiro atoms. The molecule has 34 heavy (non-hydrogen) atoms. The standard InChI is InChI=1S/C27H38N2O5/c1-20(2)29(18-23-17-28-19-27(23,31)16-21-9-6-5-7-10-21)26(30)22-11-12-24(33-4)25(15-22)34-14-8-13-32-3/h5-7,9-12,15,20,23,28,31H,8,13-14,16-19H2,1-4H3. The maximum Gasteiger partial charge on any atom is 0.254 e. The van der Waals surface area contributed by atoms with Crippen LogP contribution in [0.3, 0.4) is 0 Å². The van der Waals surface area contributed by atoms with Gasteiger partial charge in [0.1, 0.15) is 0 Å². The highest BCUT2D eigenvalue weighted by atomic mass is 16.5. The third kappa shape index (κ3) is 6.50. The number of rotatable bonds is 12. The third-order valence-corrected chi connectivity index (χ3v) is 6.40. The molecule has 0 aromatic heterocycles. The molecule has 1 fully saturated rings. The zero-order chi connectivity index (χ0) is 24.6. The van der Waals surface area contributed by atoms with E-state index in [4.69, 9.17) is 14.2 Å². The van der Waals surface area contributed by atoms with Crippen molar-refractivity contribution >= 4 is 5.91 Å². The molecule has 2 aromatic rings. The van der Waals surface area contributed by atoms with Crippen LogP contribution in [-0.4, -0.2) is 74.6 Å². The van der Waals surface area contributed by atoms with Crippen molar-refractivity contribution < 1.29 is 24.1 Å². The number of methoxy groups -OCH3 is 2. The molecule has 3 rings (SSSR count). The number of benzene rings is 2. The summed E-state index contributed by atoms with van der Waals surface area (Å²) >= 11 is 0. The van der Waals surface area contributed by atoms with Crippen LogP contribution < -0.4 is 14.8 Å². The molecule has 2 unspecified atom stereocenters. The van der Waals surface area contributed by atoms with Gasteiger partial charge in [0.2, 0.25) is 0 Å². The van der Waals surface area contributed by atoms with Gasteiger partial charge in [0.05, 0.1) is 19.3 Å². The van der Waals surface area contributed by atoms with Crippen LogP contribution in [0.2, 0.25) is 0 Å². The number of carbonyl (C=O) groups is 1. The number of aliphatic hydroxyl groups is 1. The molecular weight excluding hydrogens is 432 g/mol. The Labute approximate surface area is 203 Å². The van der Waals surface area contributed by atoms with Crippen LogP contribution in [0.25, 0.3) is 0 Å². The first-order valence-electron chi connectivity index (χ1n) is 12.0. The van der Waals surface area contributed by atoms with E-state index in [1.165, 1.54) is 0 Å². The summed E-state index contributed by atoms with van der Waals surface area (Å²) in [5.41, 5.74) is 0.713. The first kappa shape index (κ1) is 26.0. The van der Waals surface area contributed by atoms with Gasteiger partial charge < -0.3 is 29.5 Å². The fourth-order valence-electron chi connectivity index (χ4n) is 4.43. The average Bonchev–Trinajstić information content (AvgIpc) is 3.19. The summed E-state index contributed by atoms with van der Waals surface area (Å²) in [4.78, 5) is 15.4. The molecule has 0 bridgehead atoms. The van der Waals surface area contributed by atoms with Gasteiger partial charge in [0.15, 0.2) is 11.5 Å². The van der Waals surface area contributed by atoms with Crippen molar-refractivity contribution in [1.29, 1.82) is 0 Å². The lowest BCUT2D eigenvalue weighted by Crippen LogP contribution is -2.48. The van der Waals surface area contributed by atoms with Crippen molar-refractivity contribution in [2.24, 2.45) is 5.92 Å². The van der Waals surface area contributed by atoms with Crippen LogP contribution in [0.5, 0.6) is 11.5 Å². The van der Waals surface area contributed by atoms with Crippen molar-refractivity contribution in [3.8, 4) is 11.5 Å². The van der Waals surface area contributed by atoms with Gasteiger partial charge in [-0.05, 0) is 37.6 Å². The molecular formula is C27H38N2O5. The number of amides is 1. The summed E-state index contributed by atoms with van der Waals surface area (Å²) in [5.74, 6) is 0.953. The van der Waals surface area contributed by atoms with Crippen LogP contribution in [0.4, 0.5) is 0 Å². The second-order valence-electron chi connectivity index (χ2n) is 9.21. The fourth-order valence-corrected chi connectivity index (χ4v) is 4.43. The lowest BCUT2D eigenvalue weighted by atomic mass is 9.84. The van der Waals surface area contributed by atoms with Crippen molar-refractivity contribution in [3.05, 3.63) is 59.7 Å². The molecule has 1 aliphatic heterocycles. The average molecular weight is 471 g/mol. The smallest absolute Gasteiger partial charge is 0.254 e. The minimum absolute atomic E-state index is 0.0257. The van der Waals surface area contributed by atoms with Crippen LogP contribution in [0, 0.1) is 5.92 Å². The molecule has 1 aliphatic rings. The Morgan fingerprint density at radius 2 is 1.91 bits per heavy atom. The summed E-state index contributed by atoms with van der Waals surface area (Å²) in [6.45, 7) is 6.71. The van der Waals surface area contributed by atoms with Gasteiger partial charge in [-0.2, -0.15) is 0 Å². The molecule has 1 amide bonds. The van der Waals surface area contributed by atoms with Crippen molar-refractivity contribution in [2.75, 3.05) is 47.1 Å². The zero-order valence-corrected chi connectivity index (χ0v) is 20.8. The molecule has 2 atom stereocenters. The highest BCUT2D eigenvalue weighted by Crippen LogP contribution is 2.31. The predicted molar refractivity (Wildman–Crippen MR) is 133 cm³/mol. The fraction of sp³-hybridized carbons (Fsp3) is 0.519. The van der Waals surface area contributed by atoms with E-state index in [1.807, 2.05) is 49.1 Å². The van der Waals surface area contributed by atoms with Gasteiger partial charge in [0, 0.05) is 63.7 Å². The summed E-state index contributed by atoms with van der Waals surface area (Å²) < 4.78 is 16.4. The molecule has 7 heteroatoms. The normalized spacial score (nSPS) is 19.9. The number of β-amino-alcohol motifs (C(OH)–C–C–N with tert-alkyl or cyclic N) is 1. The van der Waals surface area contributed by atoms with Gasteiger partial charge in [0.25, 0.3) is 5.91 Å². The Morgan fingerprint density at radius 1 is 1.15 bits per heavy atom. The van der Waals surface area contributed by atoms with Crippen molar-refractivity contribution in [2.45, 2.75) is 38.3 Å². The van der Waals surface area contributed by atoms with E-state index in [2.05, 4.69) is 5.32 Å². The molecule has 2 aromatic carbocycles. The number of nitrogens with one attached hydrogen (secondary N) is 1. The van der Waals surface area contributed by atoms with Crippen LogP contribution >= 0.6 is 0 Å². The van der Waals surface area contributed by atoms with E-state index in [0.29, 0.717) is 56.3 Å². The van der Waals surface area contributed by atoms with Crippen LogP contribution in [0.1, 0.15) is 36.2 Å². The largest absolute Gasteiger partial charge is 0.493 e. The molecule has 2 N–H and O–H groups in total. The van der Waals surface area contributed by atoms with E-state index in [1.54, 1.807) is 32.4 Å². The molecule has 1 heterocycles. The Hall–Kier alpha value is -2.61. The number of ether oxygens (including phenoxy) is 3. The van der Waals surface area contributed by atoms with Crippen molar-refractivity contribution in [1.82, 2.24) is 10.2 Å². The van der Waals surface area contributed by atoms with E-state index in [0.717, 1.165) is 12.0 Å². The van der Waals surface area contributed by atoms with E-state index < -0.39 is 5.60 Å². The molecule has 0 saturated carbocycles. The molecule has 7 nitrogen and oxygen atoms in total. The summed E-state index contributed by atoms with van der Waals surface area (Å²) in [5, 5.41) is 14.8. The van der Waals surface area contributed by atoms with E-state index >= 15 is 0 Å². The Balaban J connectivity index is 1.76. The van der Waals surface area contributed by atoms with Gasteiger partial charge in [-0.25, -0.2) is 0 Å². The molecule has 1 saturated heterocycles. The summed E-state index contributed by atoms with van der Waals surface area (Å²) in [7, 11) is 3.24. The van der Waals surface area contributed by atoms with Gasteiger partial charge in [-0.15, -0.1) is 0 Å². The molecule has 0 radical (unpaired) electrons. The van der Waals surface area contributed by atoms with Crippen LogP contribution in [0.15, 0.2) is 48.5 Å². The van der Waals surface area contributed by atoms with Crippen LogP contribution in [-0.2, 0) is 11.2 Å². The number of hydrogen-bond acceptors (Lipinski definition) is 6. The third-order valence-electron chi connectivity index (χ3n) is 6.40. The first-order valence-corrected chi connectivity index (χ1v) is 12.0. The lowest BCUT2D eigenvalue weighted by Gasteiger charge is -2.35. The maximum atomic E-state index is 13.6. The second-order valence-corrected chi connectivity index (χ2v) is 9.21. The minimum atomic E-state index is -0.912. The molecule has 0 aliphatic carbocycles. The van der Waals surface area contributed by atoms with E-state index in [9.17, 15) is 9.90 Å². The first-order chi connectivity index (χ1) is 16.4. The van der Waals surface area contributed by atoms with Gasteiger partial charge in [-0.1, -0.05) is 30.3 Å². The topological polar surface area (TPSA) is 80.3 Å². The quantitative estimate of drug-likeness (QED) is 0.464. The Bertz CT molecular complexity index is 920. The Kier molecular flexibility index (Phi) is 9.33. The SMILES string of the molecule is COCCCOc1cc(C(=O)N(CC2CNCC2(O)Cc2ccccc2)C(C)C)ccc1OC. The van der Waals surface area contributed by atoms with Crippen molar-refractivity contribution in [3.63, 3.8) is 0 Å². The molecule has 186 valence electrons. The summed E-state index contributed by atoms with van der Waals surface area (Å²) in [6.07, 6.45) is 1.29. The van der Waals surface area contributed by atoms with E-state index in [-0.39, 0.29) is 17.9 Å². The minimum Gasteiger partial charge on any atom is -0.493 e. The van der Waals surface area contributed by atoms with Gasteiger partial charge >= 0.3 is 0 Å². The Morgan fingerprint density at radius 3 is 2.59 bits per heavy atom. The maximum absolute atomic E-state index is 13.6. The zero-order valence-electron chi connectivity index (χ0n) is 20.8. The summed E-state index contributed by atoms with van der Waals surface area (Å²) in [6, 6.07) is 15.3. The number of nitrogens with zero attached hydrogens (tertiary/aromatic N) is 1. The van der Waals surface area contributed by atoms with Gasteiger partial charge in [-0.3, -0.25) is 4.79 Å². The number of carbonyl (C=O) groups excluding carboxylic acids is 1. The highest BCUT2D eigenvalue weighted by Gasteiger charge is 2.43.